The van der Waals surface area contributed by atoms with E-state index in [0.717, 1.165) is 37.8 Å². The molecule has 6 heteroatoms. The molecule has 148 valence electrons. The van der Waals surface area contributed by atoms with Gasteiger partial charge in [-0.05, 0) is 50.9 Å². The van der Waals surface area contributed by atoms with E-state index in [4.69, 9.17) is 0 Å². The number of aryl methyl sites for hydroxylation is 1. The zero-order chi connectivity index (χ0) is 19.2. The van der Waals surface area contributed by atoms with Crippen molar-refractivity contribution >= 4 is 17.5 Å². The lowest BCUT2D eigenvalue weighted by Gasteiger charge is -2.36. The molecule has 1 N–H and O–H groups in total. The molecule has 0 bridgehead atoms. The van der Waals surface area contributed by atoms with Crippen molar-refractivity contribution in [3.8, 4) is 0 Å². The Morgan fingerprint density at radius 3 is 2.15 bits per heavy atom. The van der Waals surface area contributed by atoms with Gasteiger partial charge in [0.2, 0.25) is 11.8 Å². The maximum absolute atomic E-state index is 12.5. The Labute approximate surface area is 162 Å². The molecule has 2 aliphatic heterocycles. The van der Waals surface area contributed by atoms with Crippen LogP contribution in [0.25, 0.3) is 0 Å². The van der Waals surface area contributed by atoms with Gasteiger partial charge in [0, 0.05) is 31.9 Å². The number of benzene rings is 1. The fourth-order valence-corrected chi connectivity index (χ4v) is 3.71. The number of carbonyl (C=O) groups excluding carboxylic acids is 2. The Balaban J connectivity index is 1.37. The lowest BCUT2D eigenvalue weighted by Crippen LogP contribution is -2.53. The molecule has 0 unspecified atom stereocenters. The molecule has 1 aromatic rings. The quantitative estimate of drug-likeness (QED) is 0.857. The number of anilines is 1. The number of hydrogen-bond donors (Lipinski definition) is 1. The molecular formula is C21H32N4O2. The van der Waals surface area contributed by atoms with Crippen molar-refractivity contribution in [3.05, 3.63) is 29.8 Å². The van der Waals surface area contributed by atoms with E-state index in [0.29, 0.717) is 26.2 Å². The van der Waals surface area contributed by atoms with Gasteiger partial charge in [-0.25, -0.2) is 0 Å². The maximum atomic E-state index is 12.5. The number of rotatable bonds is 5. The number of carbonyl (C=O) groups is 2. The molecule has 2 saturated heterocycles. The Morgan fingerprint density at radius 2 is 1.52 bits per heavy atom. The SMILES string of the molecule is Cc1ccc(NC(=O)CN2CCN(C(=O)CN3CCC(C)CC3)CC2)cc1. The Bertz CT molecular complexity index is 630. The summed E-state index contributed by atoms with van der Waals surface area (Å²) in [6.07, 6.45) is 2.38. The maximum Gasteiger partial charge on any atom is 0.238 e. The molecule has 0 aromatic heterocycles. The highest BCUT2D eigenvalue weighted by Gasteiger charge is 2.25. The van der Waals surface area contributed by atoms with E-state index in [1.54, 1.807) is 0 Å². The summed E-state index contributed by atoms with van der Waals surface area (Å²) in [5, 5.41) is 2.94. The highest BCUT2D eigenvalue weighted by Crippen LogP contribution is 2.16. The third-order valence-electron chi connectivity index (χ3n) is 5.66. The minimum atomic E-state index is 0.000987. The first-order valence-corrected chi connectivity index (χ1v) is 10.1. The summed E-state index contributed by atoms with van der Waals surface area (Å²) in [6, 6.07) is 7.82. The Morgan fingerprint density at radius 1 is 0.926 bits per heavy atom. The van der Waals surface area contributed by atoms with E-state index >= 15 is 0 Å². The monoisotopic (exact) mass is 372 g/mol. The molecule has 0 spiro atoms. The van der Waals surface area contributed by atoms with Crippen LogP contribution >= 0.6 is 0 Å². The van der Waals surface area contributed by atoms with Crippen LogP contribution in [0.5, 0.6) is 0 Å². The molecule has 0 atom stereocenters. The van der Waals surface area contributed by atoms with Crippen molar-refractivity contribution in [3.63, 3.8) is 0 Å². The van der Waals surface area contributed by atoms with Crippen molar-refractivity contribution in [1.82, 2.24) is 14.7 Å². The molecule has 3 rings (SSSR count). The van der Waals surface area contributed by atoms with Crippen LogP contribution in [-0.2, 0) is 9.59 Å². The van der Waals surface area contributed by atoms with E-state index in [-0.39, 0.29) is 11.8 Å². The van der Waals surface area contributed by atoms with Crippen LogP contribution in [0.4, 0.5) is 5.69 Å². The lowest BCUT2D eigenvalue weighted by atomic mass is 9.99. The molecule has 0 radical (unpaired) electrons. The second-order valence-electron chi connectivity index (χ2n) is 8.03. The number of piperidine rings is 1. The molecule has 2 fully saturated rings. The minimum absolute atomic E-state index is 0.000987. The molecule has 27 heavy (non-hydrogen) atoms. The number of hydrogen-bond acceptors (Lipinski definition) is 4. The fourth-order valence-electron chi connectivity index (χ4n) is 3.71. The van der Waals surface area contributed by atoms with E-state index in [1.165, 1.54) is 18.4 Å². The van der Waals surface area contributed by atoms with Crippen LogP contribution in [0.15, 0.2) is 24.3 Å². The minimum Gasteiger partial charge on any atom is -0.339 e. The fraction of sp³-hybridized carbons (Fsp3) is 0.619. The highest BCUT2D eigenvalue weighted by atomic mass is 16.2. The van der Waals surface area contributed by atoms with Gasteiger partial charge in [0.1, 0.15) is 0 Å². The summed E-state index contributed by atoms with van der Waals surface area (Å²) in [4.78, 5) is 31.1. The number of amides is 2. The van der Waals surface area contributed by atoms with E-state index in [9.17, 15) is 9.59 Å². The van der Waals surface area contributed by atoms with Crippen molar-refractivity contribution in [2.75, 3.05) is 57.7 Å². The van der Waals surface area contributed by atoms with Crippen LogP contribution in [0.3, 0.4) is 0 Å². The second kappa shape index (κ2) is 9.33. The van der Waals surface area contributed by atoms with Crippen molar-refractivity contribution < 1.29 is 9.59 Å². The summed E-state index contributed by atoms with van der Waals surface area (Å²) in [5.74, 6) is 1.01. The van der Waals surface area contributed by atoms with Gasteiger partial charge in [0.25, 0.3) is 0 Å². The summed E-state index contributed by atoms with van der Waals surface area (Å²) in [5.41, 5.74) is 2.00. The van der Waals surface area contributed by atoms with Crippen LogP contribution < -0.4 is 5.32 Å². The highest BCUT2D eigenvalue weighted by molar-refractivity contribution is 5.92. The molecule has 0 aliphatic carbocycles. The third-order valence-corrected chi connectivity index (χ3v) is 5.66. The molecule has 2 heterocycles. The van der Waals surface area contributed by atoms with Crippen molar-refractivity contribution in [2.24, 2.45) is 5.92 Å². The summed E-state index contributed by atoms with van der Waals surface area (Å²) >= 11 is 0. The topological polar surface area (TPSA) is 55.9 Å². The van der Waals surface area contributed by atoms with Gasteiger partial charge in [-0.2, -0.15) is 0 Å². The van der Waals surface area contributed by atoms with E-state index < -0.39 is 0 Å². The van der Waals surface area contributed by atoms with Crippen molar-refractivity contribution in [1.29, 1.82) is 0 Å². The Kier molecular flexibility index (Phi) is 6.85. The first-order valence-electron chi connectivity index (χ1n) is 10.1. The van der Waals surface area contributed by atoms with Crippen molar-refractivity contribution in [2.45, 2.75) is 26.7 Å². The molecule has 2 aliphatic rings. The van der Waals surface area contributed by atoms with Crippen LogP contribution in [0, 0.1) is 12.8 Å². The third kappa shape index (κ3) is 6.04. The van der Waals surface area contributed by atoms with E-state index in [2.05, 4.69) is 22.0 Å². The zero-order valence-electron chi connectivity index (χ0n) is 16.6. The van der Waals surface area contributed by atoms with Gasteiger partial charge in [0.05, 0.1) is 13.1 Å². The molecule has 1 aromatic carbocycles. The largest absolute Gasteiger partial charge is 0.339 e. The number of nitrogens with zero attached hydrogens (tertiary/aromatic N) is 3. The average molecular weight is 373 g/mol. The standard InChI is InChI=1S/C21H32N4O2/c1-17-3-5-19(6-4-17)22-20(26)15-24-11-13-25(14-12-24)21(27)16-23-9-7-18(2)8-10-23/h3-6,18H,7-16H2,1-2H3,(H,22,26). The van der Waals surface area contributed by atoms with Gasteiger partial charge in [-0.15, -0.1) is 0 Å². The van der Waals surface area contributed by atoms with Crippen LogP contribution in [0.2, 0.25) is 0 Å². The normalized spacial score (nSPS) is 19.9. The molecule has 2 amide bonds. The summed E-state index contributed by atoms with van der Waals surface area (Å²) in [7, 11) is 0. The predicted octanol–water partition coefficient (Wildman–Crippen LogP) is 1.81. The van der Waals surface area contributed by atoms with Crippen LogP contribution in [-0.4, -0.2) is 78.9 Å². The van der Waals surface area contributed by atoms with Gasteiger partial charge in [0.15, 0.2) is 0 Å². The van der Waals surface area contributed by atoms with Gasteiger partial charge in [-0.1, -0.05) is 24.6 Å². The Hall–Kier alpha value is -1.92. The summed E-state index contributed by atoms with van der Waals surface area (Å²) < 4.78 is 0. The average Bonchev–Trinajstić information content (AvgIpc) is 2.66. The molecule has 6 nitrogen and oxygen atoms in total. The van der Waals surface area contributed by atoms with Gasteiger partial charge < -0.3 is 10.2 Å². The predicted molar refractivity (Wildman–Crippen MR) is 108 cm³/mol. The van der Waals surface area contributed by atoms with Crippen LogP contribution in [0.1, 0.15) is 25.3 Å². The molecule has 0 saturated carbocycles. The first-order chi connectivity index (χ1) is 13.0. The number of nitrogens with one attached hydrogen (secondary N) is 1. The molecular weight excluding hydrogens is 340 g/mol. The second-order valence-corrected chi connectivity index (χ2v) is 8.03. The number of likely N-dealkylation sites (tertiary alicyclic amines) is 1. The smallest absolute Gasteiger partial charge is 0.238 e. The van der Waals surface area contributed by atoms with Gasteiger partial charge >= 0.3 is 0 Å². The lowest BCUT2D eigenvalue weighted by molar-refractivity contribution is -0.134. The number of piperazine rings is 1. The zero-order valence-corrected chi connectivity index (χ0v) is 16.6. The summed E-state index contributed by atoms with van der Waals surface area (Å²) in [6.45, 7) is 10.2. The van der Waals surface area contributed by atoms with E-state index in [1.807, 2.05) is 36.1 Å². The first kappa shape index (κ1) is 19.8. The van der Waals surface area contributed by atoms with Gasteiger partial charge in [-0.3, -0.25) is 19.4 Å².